The van der Waals surface area contributed by atoms with E-state index in [2.05, 4.69) is 15.2 Å². The predicted octanol–water partition coefficient (Wildman–Crippen LogP) is 4.24. The maximum atomic E-state index is 5.60. The van der Waals surface area contributed by atoms with Gasteiger partial charge >= 0.3 is 6.01 Å². The highest BCUT2D eigenvalue weighted by Crippen LogP contribution is 2.25. The zero-order chi connectivity index (χ0) is 15.2. The van der Waals surface area contributed by atoms with Crippen molar-refractivity contribution >= 4 is 33.9 Å². The molecule has 0 aliphatic carbocycles. The third-order valence-electron chi connectivity index (χ3n) is 2.42. The molecule has 0 aliphatic heterocycles. The van der Waals surface area contributed by atoms with Crippen molar-refractivity contribution < 1.29 is 9.15 Å². The highest BCUT2D eigenvalue weighted by atomic mass is 32.2. The Balaban J connectivity index is 2.16. The van der Waals surface area contributed by atoms with Crippen LogP contribution in [0.3, 0.4) is 0 Å². The van der Waals surface area contributed by atoms with E-state index in [0.717, 1.165) is 15.7 Å². The fourth-order valence-electron chi connectivity index (χ4n) is 1.58. The van der Waals surface area contributed by atoms with Gasteiger partial charge in [-0.1, -0.05) is 5.10 Å². The van der Waals surface area contributed by atoms with Crippen LogP contribution < -0.4 is 4.74 Å². The third kappa shape index (κ3) is 4.50. The number of aliphatic imine (C=N–C) groups is 1. The normalized spacial score (nSPS) is 10.7. The van der Waals surface area contributed by atoms with Crippen molar-refractivity contribution in [2.45, 2.75) is 20.0 Å². The minimum atomic E-state index is 0.150. The molecule has 2 rings (SSSR count). The maximum Gasteiger partial charge on any atom is 0.344 e. The summed E-state index contributed by atoms with van der Waals surface area (Å²) in [6.07, 6.45) is 4.07. The summed E-state index contributed by atoms with van der Waals surface area (Å²) in [5.74, 6) is 1.27. The van der Waals surface area contributed by atoms with E-state index < -0.39 is 0 Å². The molecule has 1 heterocycles. The van der Waals surface area contributed by atoms with Gasteiger partial charge in [-0.25, -0.2) is 0 Å². The van der Waals surface area contributed by atoms with Crippen LogP contribution in [0.1, 0.15) is 13.8 Å². The lowest BCUT2D eigenvalue weighted by Crippen LogP contribution is -2.05. The quantitative estimate of drug-likeness (QED) is 0.619. The maximum absolute atomic E-state index is 5.60. The van der Waals surface area contributed by atoms with Crippen LogP contribution in [-0.2, 0) is 0 Å². The van der Waals surface area contributed by atoms with Gasteiger partial charge in [0.05, 0.1) is 6.10 Å². The zero-order valence-electron chi connectivity index (χ0n) is 12.4. The van der Waals surface area contributed by atoms with Crippen molar-refractivity contribution in [2.24, 2.45) is 4.99 Å². The van der Waals surface area contributed by atoms with Gasteiger partial charge in [-0.3, -0.25) is 0 Å². The first-order valence-electron chi connectivity index (χ1n) is 6.39. The summed E-state index contributed by atoms with van der Waals surface area (Å²) in [4.78, 5) is 4.28. The third-order valence-corrected chi connectivity index (χ3v) is 4.30. The second-order valence-electron chi connectivity index (χ2n) is 4.37. The molecule has 0 amide bonds. The number of ether oxygens (including phenoxy) is 1. The summed E-state index contributed by atoms with van der Waals surface area (Å²) in [5, 5.41) is 7.95. The Morgan fingerprint density at radius 1 is 1.14 bits per heavy atom. The lowest BCUT2D eigenvalue weighted by Gasteiger charge is -2.09. The van der Waals surface area contributed by atoms with Gasteiger partial charge in [-0.05, 0) is 50.6 Å². The Kier molecular flexibility index (Phi) is 5.69. The molecule has 0 saturated heterocycles. The molecule has 2 aromatic rings. The SMILES string of the molecule is CSC(=Nc1nnc(-c2ccc(OC(C)C)cc2)o1)SC. The Labute approximate surface area is 132 Å². The van der Waals surface area contributed by atoms with Crippen molar-refractivity contribution in [3.05, 3.63) is 24.3 Å². The van der Waals surface area contributed by atoms with Crippen molar-refractivity contribution in [3.63, 3.8) is 0 Å². The molecule has 0 radical (unpaired) electrons. The molecule has 1 aromatic carbocycles. The summed E-state index contributed by atoms with van der Waals surface area (Å²) in [5.41, 5.74) is 0.843. The van der Waals surface area contributed by atoms with Crippen LogP contribution in [0.4, 0.5) is 6.01 Å². The molecule has 112 valence electrons. The lowest BCUT2D eigenvalue weighted by molar-refractivity contribution is 0.242. The summed E-state index contributed by atoms with van der Waals surface area (Å²) >= 11 is 3.09. The summed E-state index contributed by atoms with van der Waals surface area (Å²) in [6.45, 7) is 3.98. The highest BCUT2D eigenvalue weighted by molar-refractivity contribution is 8.38. The minimum Gasteiger partial charge on any atom is -0.491 e. The molecule has 7 heteroatoms. The van der Waals surface area contributed by atoms with Gasteiger partial charge in [0.1, 0.15) is 10.1 Å². The van der Waals surface area contributed by atoms with Gasteiger partial charge in [0.15, 0.2) is 0 Å². The van der Waals surface area contributed by atoms with E-state index in [-0.39, 0.29) is 12.1 Å². The number of thioether (sulfide) groups is 2. The lowest BCUT2D eigenvalue weighted by atomic mass is 10.2. The minimum absolute atomic E-state index is 0.150. The van der Waals surface area contributed by atoms with Gasteiger partial charge in [-0.15, -0.1) is 28.6 Å². The first-order valence-corrected chi connectivity index (χ1v) is 8.84. The van der Waals surface area contributed by atoms with Crippen LogP contribution in [0.2, 0.25) is 0 Å². The monoisotopic (exact) mass is 323 g/mol. The Hall–Kier alpha value is -1.47. The molecule has 5 nitrogen and oxygen atoms in total. The first-order chi connectivity index (χ1) is 10.1. The van der Waals surface area contributed by atoms with Gasteiger partial charge < -0.3 is 9.15 Å². The van der Waals surface area contributed by atoms with Gasteiger partial charge in [0, 0.05) is 5.56 Å². The van der Waals surface area contributed by atoms with E-state index in [0.29, 0.717) is 5.89 Å². The summed E-state index contributed by atoms with van der Waals surface area (Å²) in [6, 6.07) is 7.83. The molecule has 21 heavy (non-hydrogen) atoms. The van der Waals surface area contributed by atoms with E-state index in [1.807, 2.05) is 50.6 Å². The number of nitrogens with zero attached hydrogens (tertiary/aromatic N) is 3. The summed E-state index contributed by atoms with van der Waals surface area (Å²) < 4.78 is 12.0. The molecular weight excluding hydrogens is 306 g/mol. The molecule has 0 spiro atoms. The standard InChI is InChI=1S/C14H17N3O2S2/c1-9(2)18-11-7-5-10(6-8-11)12-16-17-13(19-12)15-14(20-3)21-4/h5-9H,1-4H3. The number of rotatable bonds is 4. The number of aromatic nitrogens is 2. The van der Waals surface area contributed by atoms with E-state index in [9.17, 15) is 0 Å². The van der Waals surface area contributed by atoms with Crippen molar-refractivity contribution in [1.82, 2.24) is 10.2 Å². The Morgan fingerprint density at radius 3 is 2.38 bits per heavy atom. The van der Waals surface area contributed by atoms with Crippen molar-refractivity contribution in [1.29, 1.82) is 0 Å². The van der Waals surface area contributed by atoms with Crippen molar-refractivity contribution in [2.75, 3.05) is 12.5 Å². The van der Waals surface area contributed by atoms with Crippen LogP contribution in [0.25, 0.3) is 11.5 Å². The fourth-order valence-corrected chi connectivity index (χ4v) is 2.58. The largest absolute Gasteiger partial charge is 0.491 e. The van der Waals surface area contributed by atoms with E-state index in [1.54, 1.807) is 23.5 Å². The molecule has 0 unspecified atom stereocenters. The van der Waals surface area contributed by atoms with Gasteiger partial charge in [0.25, 0.3) is 0 Å². The van der Waals surface area contributed by atoms with Crippen molar-refractivity contribution in [3.8, 4) is 17.2 Å². The second kappa shape index (κ2) is 7.51. The van der Waals surface area contributed by atoms with Gasteiger partial charge in [0.2, 0.25) is 5.89 Å². The van der Waals surface area contributed by atoms with Crippen LogP contribution >= 0.6 is 23.5 Å². The number of benzene rings is 1. The molecule has 1 aromatic heterocycles. The van der Waals surface area contributed by atoms with E-state index >= 15 is 0 Å². The Bertz CT molecular complexity index is 603. The average molecular weight is 323 g/mol. The molecule has 0 atom stereocenters. The number of hydrogen-bond acceptors (Lipinski definition) is 7. The highest BCUT2D eigenvalue weighted by Gasteiger charge is 2.09. The molecule has 0 bridgehead atoms. The smallest absolute Gasteiger partial charge is 0.344 e. The van der Waals surface area contributed by atoms with Crippen LogP contribution in [-0.4, -0.2) is 33.2 Å². The van der Waals surface area contributed by atoms with E-state index in [4.69, 9.17) is 9.15 Å². The molecule has 0 saturated carbocycles. The average Bonchev–Trinajstić information content (AvgIpc) is 2.93. The number of hydrogen-bond donors (Lipinski definition) is 0. The zero-order valence-corrected chi connectivity index (χ0v) is 14.0. The molecular formula is C14H17N3O2S2. The first kappa shape index (κ1) is 15.9. The second-order valence-corrected chi connectivity index (χ2v) is 6.22. The topological polar surface area (TPSA) is 60.5 Å². The molecule has 0 aliphatic rings. The summed E-state index contributed by atoms with van der Waals surface area (Å²) in [7, 11) is 0. The van der Waals surface area contributed by atoms with Crippen LogP contribution in [0.5, 0.6) is 5.75 Å². The predicted molar refractivity (Wildman–Crippen MR) is 89.6 cm³/mol. The van der Waals surface area contributed by atoms with Crippen LogP contribution in [0.15, 0.2) is 33.7 Å². The van der Waals surface area contributed by atoms with E-state index in [1.165, 1.54) is 0 Å². The Morgan fingerprint density at radius 2 is 1.81 bits per heavy atom. The molecule has 0 N–H and O–H groups in total. The molecule has 0 fully saturated rings. The fraction of sp³-hybridized carbons (Fsp3) is 0.357. The van der Waals surface area contributed by atoms with Crippen LogP contribution in [0, 0.1) is 0 Å². The van der Waals surface area contributed by atoms with Gasteiger partial charge in [-0.2, -0.15) is 4.99 Å².